The van der Waals surface area contributed by atoms with Crippen LogP contribution >= 0.6 is 0 Å². The summed E-state index contributed by atoms with van der Waals surface area (Å²) < 4.78 is 0. The Kier molecular flexibility index (Phi) is 3.75. The molecule has 0 radical (unpaired) electrons. The summed E-state index contributed by atoms with van der Waals surface area (Å²) in [5.41, 5.74) is 0. The number of aliphatic hydroxyl groups excluding tert-OH is 1. The molecule has 1 unspecified atom stereocenters. The molecule has 1 aliphatic heterocycles. The first-order valence-electron chi connectivity index (χ1n) is 5.18. The molecule has 0 saturated carbocycles. The van der Waals surface area contributed by atoms with Gasteiger partial charge in [0.15, 0.2) is 0 Å². The molecule has 4 heteroatoms. The average Bonchev–Trinajstić information content (AvgIpc) is 2.32. The van der Waals surface area contributed by atoms with Gasteiger partial charge in [0.05, 0.1) is 12.6 Å². The number of β-amino-alcohol motifs (C(OH)–C–C–N with tert-alkyl or cyclic N) is 1. The van der Waals surface area contributed by atoms with E-state index in [9.17, 15) is 4.79 Å². The summed E-state index contributed by atoms with van der Waals surface area (Å²) in [6.45, 7) is 5.60. The van der Waals surface area contributed by atoms with Crippen molar-refractivity contribution in [3.8, 4) is 0 Å². The van der Waals surface area contributed by atoms with Crippen molar-refractivity contribution in [3.05, 3.63) is 0 Å². The van der Waals surface area contributed by atoms with Crippen LogP contribution < -0.4 is 0 Å². The van der Waals surface area contributed by atoms with Crippen LogP contribution in [0.3, 0.4) is 0 Å². The normalized spacial score (nSPS) is 22.6. The molecule has 2 amide bonds. The van der Waals surface area contributed by atoms with Crippen molar-refractivity contribution < 1.29 is 9.90 Å². The molecular formula is C10H20N2O2. The minimum absolute atomic E-state index is 0.0460. The van der Waals surface area contributed by atoms with Crippen molar-refractivity contribution in [2.45, 2.75) is 26.3 Å². The zero-order valence-corrected chi connectivity index (χ0v) is 9.23. The fourth-order valence-electron chi connectivity index (χ4n) is 2.00. The Morgan fingerprint density at radius 1 is 1.57 bits per heavy atom. The third-order valence-corrected chi connectivity index (χ3v) is 2.58. The monoisotopic (exact) mass is 200 g/mol. The van der Waals surface area contributed by atoms with Gasteiger partial charge in [-0.15, -0.1) is 0 Å². The van der Waals surface area contributed by atoms with E-state index >= 15 is 0 Å². The Balaban J connectivity index is 2.60. The van der Waals surface area contributed by atoms with Gasteiger partial charge >= 0.3 is 6.03 Å². The topological polar surface area (TPSA) is 43.8 Å². The highest BCUT2D eigenvalue weighted by atomic mass is 16.3. The van der Waals surface area contributed by atoms with Crippen LogP contribution in [0.1, 0.15) is 20.3 Å². The zero-order valence-electron chi connectivity index (χ0n) is 9.23. The number of hydrogen-bond donors (Lipinski definition) is 1. The van der Waals surface area contributed by atoms with Gasteiger partial charge in [-0.2, -0.15) is 0 Å². The van der Waals surface area contributed by atoms with Crippen LogP contribution in [0.5, 0.6) is 0 Å². The van der Waals surface area contributed by atoms with Gasteiger partial charge in [-0.1, -0.05) is 13.8 Å². The number of carbonyl (C=O) groups excluding carboxylic acids is 1. The third kappa shape index (κ3) is 2.38. The maximum absolute atomic E-state index is 11.6. The molecule has 0 aromatic heterocycles. The molecule has 0 aromatic rings. The SMILES string of the molecule is CC(C)CC1CN(C)C(=O)N1CCO. The predicted molar refractivity (Wildman–Crippen MR) is 55.1 cm³/mol. The quantitative estimate of drug-likeness (QED) is 0.728. The van der Waals surface area contributed by atoms with E-state index in [1.54, 1.807) is 9.80 Å². The number of carbonyl (C=O) groups is 1. The summed E-state index contributed by atoms with van der Waals surface area (Å²) in [6.07, 6.45) is 1.01. The highest BCUT2D eigenvalue weighted by Crippen LogP contribution is 2.19. The summed E-state index contributed by atoms with van der Waals surface area (Å²) in [5.74, 6) is 0.584. The van der Waals surface area contributed by atoms with Crippen molar-refractivity contribution in [2.75, 3.05) is 26.7 Å². The van der Waals surface area contributed by atoms with E-state index in [-0.39, 0.29) is 18.7 Å². The number of likely N-dealkylation sites (N-methyl/N-ethyl adjacent to an activating group) is 1. The second-order valence-electron chi connectivity index (χ2n) is 4.36. The molecule has 1 atom stereocenters. The maximum atomic E-state index is 11.6. The summed E-state index contributed by atoms with van der Waals surface area (Å²) in [5, 5.41) is 8.87. The first-order valence-corrected chi connectivity index (χ1v) is 5.18. The highest BCUT2D eigenvalue weighted by molar-refractivity contribution is 5.76. The second-order valence-corrected chi connectivity index (χ2v) is 4.36. The molecule has 1 aliphatic rings. The summed E-state index contributed by atoms with van der Waals surface area (Å²) in [4.78, 5) is 15.1. The first kappa shape index (κ1) is 11.3. The lowest BCUT2D eigenvalue weighted by atomic mass is 10.0. The van der Waals surface area contributed by atoms with Gasteiger partial charge in [-0.25, -0.2) is 4.79 Å². The maximum Gasteiger partial charge on any atom is 0.320 e. The van der Waals surface area contributed by atoms with E-state index in [2.05, 4.69) is 13.8 Å². The molecule has 0 spiro atoms. The predicted octanol–water partition coefficient (Wildman–Crippen LogP) is 0.761. The van der Waals surface area contributed by atoms with Crippen LogP contribution in [0, 0.1) is 5.92 Å². The van der Waals surface area contributed by atoms with Crippen LogP contribution in [0.25, 0.3) is 0 Å². The van der Waals surface area contributed by atoms with Crippen LogP contribution in [-0.2, 0) is 0 Å². The molecule has 1 fully saturated rings. The zero-order chi connectivity index (χ0) is 10.7. The van der Waals surface area contributed by atoms with Gasteiger partial charge in [0.1, 0.15) is 0 Å². The Hall–Kier alpha value is -0.770. The lowest BCUT2D eigenvalue weighted by Crippen LogP contribution is -2.37. The fourth-order valence-corrected chi connectivity index (χ4v) is 2.00. The van der Waals surface area contributed by atoms with Gasteiger partial charge < -0.3 is 14.9 Å². The molecule has 1 heterocycles. The largest absolute Gasteiger partial charge is 0.395 e. The lowest BCUT2D eigenvalue weighted by Gasteiger charge is -2.23. The molecule has 1 rings (SSSR count). The van der Waals surface area contributed by atoms with E-state index < -0.39 is 0 Å². The molecule has 0 aliphatic carbocycles. The first-order chi connectivity index (χ1) is 6.56. The standard InChI is InChI=1S/C10H20N2O2/c1-8(2)6-9-7-11(3)10(14)12(9)4-5-13/h8-9,13H,4-7H2,1-3H3. The van der Waals surface area contributed by atoms with E-state index in [1.807, 2.05) is 7.05 Å². The van der Waals surface area contributed by atoms with Gasteiger partial charge in [0, 0.05) is 20.1 Å². The Morgan fingerprint density at radius 2 is 2.21 bits per heavy atom. The van der Waals surface area contributed by atoms with E-state index in [1.165, 1.54) is 0 Å². The number of urea groups is 1. The van der Waals surface area contributed by atoms with E-state index in [0.717, 1.165) is 13.0 Å². The van der Waals surface area contributed by atoms with Crippen LogP contribution in [0.2, 0.25) is 0 Å². The highest BCUT2D eigenvalue weighted by Gasteiger charge is 2.34. The van der Waals surface area contributed by atoms with Crippen molar-refractivity contribution in [1.29, 1.82) is 0 Å². The van der Waals surface area contributed by atoms with E-state index in [0.29, 0.717) is 12.5 Å². The molecular weight excluding hydrogens is 180 g/mol. The minimum atomic E-state index is 0.0460. The Bertz CT molecular complexity index is 206. The van der Waals surface area contributed by atoms with Gasteiger partial charge in [-0.3, -0.25) is 0 Å². The third-order valence-electron chi connectivity index (χ3n) is 2.58. The van der Waals surface area contributed by atoms with Gasteiger partial charge in [0.25, 0.3) is 0 Å². The molecule has 14 heavy (non-hydrogen) atoms. The molecule has 82 valence electrons. The van der Waals surface area contributed by atoms with Crippen molar-refractivity contribution in [2.24, 2.45) is 5.92 Å². The van der Waals surface area contributed by atoms with Crippen LogP contribution in [-0.4, -0.2) is 53.7 Å². The number of rotatable bonds is 4. The molecule has 1 N–H and O–H groups in total. The van der Waals surface area contributed by atoms with Gasteiger partial charge in [0.2, 0.25) is 0 Å². The smallest absolute Gasteiger partial charge is 0.320 e. The number of nitrogens with zero attached hydrogens (tertiary/aromatic N) is 2. The number of aliphatic hydroxyl groups is 1. The molecule has 4 nitrogen and oxygen atoms in total. The van der Waals surface area contributed by atoms with Crippen LogP contribution in [0.4, 0.5) is 4.79 Å². The second kappa shape index (κ2) is 4.64. The molecule has 0 bridgehead atoms. The van der Waals surface area contributed by atoms with Crippen LogP contribution in [0.15, 0.2) is 0 Å². The molecule has 0 aromatic carbocycles. The number of amides is 2. The summed E-state index contributed by atoms with van der Waals surface area (Å²) in [6, 6.07) is 0.323. The van der Waals surface area contributed by atoms with Crippen molar-refractivity contribution in [1.82, 2.24) is 9.80 Å². The minimum Gasteiger partial charge on any atom is -0.395 e. The fraction of sp³-hybridized carbons (Fsp3) is 0.900. The van der Waals surface area contributed by atoms with Crippen molar-refractivity contribution in [3.63, 3.8) is 0 Å². The van der Waals surface area contributed by atoms with Gasteiger partial charge in [-0.05, 0) is 12.3 Å². The van der Waals surface area contributed by atoms with Crippen molar-refractivity contribution >= 4 is 6.03 Å². The van der Waals surface area contributed by atoms with E-state index in [4.69, 9.17) is 5.11 Å². The molecule has 1 saturated heterocycles. The average molecular weight is 200 g/mol. The lowest BCUT2D eigenvalue weighted by molar-refractivity contribution is 0.166. The Morgan fingerprint density at radius 3 is 2.71 bits per heavy atom. The Labute approximate surface area is 85.5 Å². The summed E-state index contributed by atoms with van der Waals surface area (Å²) in [7, 11) is 1.81. The number of hydrogen-bond acceptors (Lipinski definition) is 2. The summed E-state index contributed by atoms with van der Waals surface area (Å²) >= 11 is 0.